The van der Waals surface area contributed by atoms with Crippen LogP contribution in [0.2, 0.25) is 0 Å². The second-order valence-corrected chi connectivity index (χ2v) is 41.0. The summed E-state index contributed by atoms with van der Waals surface area (Å²) in [5.41, 5.74) is -0.104. The first kappa shape index (κ1) is 71.6. The topological polar surface area (TPSA) is 185 Å². The highest BCUT2D eigenvalue weighted by atomic mass is 16.7. The summed E-state index contributed by atoms with van der Waals surface area (Å²) in [5, 5.41) is 0. The van der Waals surface area contributed by atoms with Crippen LogP contribution in [-0.2, 0) is 71.4 Å². The maximum atomic E-state index is 13.2. The summed E-state index contributed by atoms with van der Waals surface area (Å²) in [4.78, 5) is 77.2. The number of esters is 6. The molecule has 568 valence electrons. The number of rotatable bonds is 23. The Morgan fingerprint density at radius 2 is 0.706 bits per heavy atom. The Bertz CT molecular complexity index is 3040. The monoisotopic (exact) mass is 1410 g/mol. The highest BCUT2D eigenvalue weighted by molar-refractivity contribution is 5.77. The molecule has 21 aliphatic carbocycles. The molecular formula is C87H130O15. The van der Waals surface area contributed by atoms with Crippen LogP contribution in [0.3, 0.4) is 0 Å². The summed E-state index contributed by atoms with van der Waals surface area (Å²) in [6, 6.07) is 0. The molecule has 21 aliphatic rings. The van der Waals surface area contributed by atoms with Gasteiger partial charge < -0.3 is 42.6 Å². The average Bonchev–Trinajstić information content (AvgIpc) is 1.55. The fourth-order valence-corrected chi connectivity index (χ4v) is 30.6. The van der Waals surface area contributed by atoms with Gasteiger partial charge in [0.2, 0.25) is 0 Å². The third-order valence-corrected chi connectivity index (χ3v) is 34.6. The second kappa shape index (κ2) is 28.0. The Morgan fingerprint density at radius 1 is 0.382 bits per heavy atom. The van der Waals surface area contributed by atoms with Gasteiger partial charge >= 0.3 is 35.8 Å². The molecule has 0 heterocycles. The zero-order valence-corrected chi connectivity index (χ0v) is 63.8. The van der Waals surface area contributed by atoms with Crippen LogP contribution in [0.25, 0.3) is 0 Å². The van der Waals surface area contributed by atoms with Crippen LogP contribution in [0.4, 0.5) is 0 Å². The highest BCUT2D eigenvalue weighted by Gasteiger charge is 2.70. The van der Waals surface area contributed by atoms with Crippen LogP contribution in [0.1, 0.15) is 261 Å². The van der Waals surface area contributed by atoms with E-state index in [0.717, 1.165) is 150 Å². The molecule has 25 unspecified atom stereocenters. The molecule has 0 spiro atoms. The van der Waals surface area contributed by atoms with E-state index in [-0.39, 0.29) is 104 Å². The van der Waals surface area contributed by atoms with Crippen molar-refractivity contribution >= 4 is 35.8 Å². The van der Waals surface area contributed by atoms with E-state index < -0.39 is 10.8 Å². The first-order valence-corrected chi connectivity index (χ1v) is 43.0. The summed E-state index contributed by atoms with van der Waals surface area (Å²) in [5.74, 6) is 15.8. The number of carbonyl (C=O) groups is 6. The van der Waals surface area contributed by atoms with Gasteiger partial charge in [0, 0.05) is 0 Å². The van der Waals surface area contributed by atoms with Gasteiger partial charge in [-0.3, -0.25) is 28.8 Å². The fourth-order valence-electron chi connectivity index (χ4n) is 30.6. The lowest BCUT2D eigenvalue weighted by Gasteiger charge is -2.56. The molecule has 20 bridgehead atoms. The van der Waals surface area contributed by atoms with E-state index in [1.54, 1.807) is 0 Å². The van der Waals surface area contributed by atoms with Crippen LogP contribution in [0.15, 0.2) is 0 Å². The molecule has 21 rings (SSSR count). The molecule has 0 aromatic carbocycles. The van der Waals surface area contributed by atoms with Gasteiger partial charge in [-0.15, -0.1) is 0 Å². The predicted octanol–water partition coefficient (Wildman–Crippen LogP) is 16.7. The number of carbonyl (C=O) groups excluding carboxylic acids is 6. The van der Waals surface area contributed by atoms with Crippen molar-refractivity contribution in [3.05, 3.63) is 0 Å². The van der Waals surface area contributed by atoms with E-state index in [0.29, 0.717) is 99.6 Å². The summed E-state index contributed by atoms with van der Waals surface area (Å²) >= 11 is 0. The second-order valence-electron chi connectivity index (χ2n) is 41.0. The Labute approximate surface area is 610 Å². The zero-order valence-electron chi connectivity index (χ0n) is 63.8. The number of hydrogen-bond donors (Lipinski definition) is 0. The Hall–Kier alpha value is -3.30. The van der Waals surface area contributed by atoms with E-state index in [9.17, 15) is 28.8 Å². The van der Waals surface area contributed by atoms with Crippen molar-refractivity contribution < 1.29 is 71.4 Å². The van der Waals surface area contributed by atoms with Crippen LogP contribution in [0.5, 0.6) is 0 Å². The molecule has 21 fully saturated rings. The van der Waals surface area contributed by atoms with E-state index in [4.69, 9.17) is 42.6 Å². The maximum absolute atomic E-state index is 13.2. The molecule has 102 heavy (non-hydrogen) atoms. The molecule has 15 nitrogen and oxygen atoms in total. The Kier molecular flexibility index (Phi) is 19.6. The van der Waals surface area contributed by atoms with Crippen molar-refractivity contribution in [1.82, 2.24) is 0 Å². The van der Waals surface area contributed by atoms with Crippen molar-refractivity contribution in [3.8, 4) is 0 Å². The highest BCUT2D eigenvalue weighted by Crippen LogP contribution is 2.73. The lowest BCUT2D eigenvalue weighted by atomic mass is 9.50. The summed E-state index contributed by atoms with van der Waals surface area (Å²) in [7, 11) is 0. The molecule has 21 saturated carbocycles. The quantitative estimate of drug-likeness (QED) is 0.0309. The van der Waals surface area contributed by atoms with E-state index in [2.05, 4.69) is 6.92 Å². The standard InChI is InChI=1S/C31H46O5.C30H44O5.C26H40O5/c1-4-30(2,3)29(33)36-25-11-21-10-24(25)27-22-8-20(26(21)27)9-23(22)28(32)35-16-34-15-31-12-17-5-18(13-31)7-19(6-17)14-31;1-3-16(2)28(31)35-25-10-21-9-24(25)27-22-7-20(26(21)27)8-23(22)29(32)34-15-33-14-30-11-17-4-18(12-30)6-19(5-17)13-30;1-4-26(2,3)25(28)31-21-13-16-12-20(21)23-18-10-15(22(16)23)11-19(18)24(27)30-14-29-17-8-6-5-7-9-17/h17-27H,4-16H2,1-3H3;16-27H,3-15H2,1-2H3;15-23H,4-14H2,1-3H3. The normalized spacial score (nSPS) is 47.5. The predicted molar refractivity (Wildman–Crippen MR) is 380 cm³/mol. The minimum absolute atomic E-state index is 0.0159. The third-order valence-electron chi connectivity index (χ3n) is 34.6. The van der Waals surface area contributed by atoms with Gasteiger partial charge in [-0.25, -0.2) is 0 Å². The van der Waals surface area contributed by atoms with Crippen LogP contribution < -0.4 is 0 Å². The Balaban J connectivity index is 0.000000114. The van der Waals surface area contributed by atoms with Crippen LogP contribution in [-0.4, -0.2) is 93.8 Å². The zero-order chi connectivity index (χ0) is 70.5. The van der Waals surface area contributed by atoms with E-state index in [1.165, 1.54) is 122 Å². The molecule has 0 aromatic heterocycles. The maximum Gasteiger partial charge on any atom is 0.311 e. The van der Waals surface area contributed by atoms with Crippen LogP contribution >= 0.6 is 0 Å². The van der Waals surface area contributed by atoms with Gasteiger partial charge in [0.15, 0.2) is 20.4 Å². The van der Waals surface area contributed by atoms with Gasteiger partial charge in [0.25, 0.3) is 0 Å². The summed E-state index contributed by atoms with van der Waals surface area (Å²) < 4.78 is 53.3. The minimum Gasteiger partial charge on any atom is -0.462 e. The van der Waals surface area contributed by atoms with Gasteiger partial charge in [-0.1, -0.05) is 47.0 Å². The Morgan fingerprint density at radius 3 is 1.05 bits per heavy atom. The molecule has 15 heteroatoms. The molecule has 0 N–H and O–H groups in total. The molecule has 0 amide bonds. The molecule has 25 atom stereocenters. The smallest absolute Gasteiger partial charge is 0.311 e. The first-order valence-electron chi connectivity index (χ1n) is 43.0. The van der Waals surface area contributed by atoms with Crippen molar-refractivity contribution in [2.45, 2.75) is 285 Å². The minimum atomic E-state index is -0.418. The van der Waals surface area contributed by atoms with Gasteiger partial charge in [-0.2, -0.15) is 0 Å². The van der Waals surface area contributed by atoms with E-state index >= 15 is 0 Å². The summed E-state index contributed by atoms with van der Waals surface area (Å²) in [6.45, 7) is 18.0. The molecule has 0 saturated heterocycles. The fraction of sp³-hybridized carbons (Fsp3) is 0.931. The number of ether oxygens (including phenoxy) is 9. The van der Waals surface area contributed by atoms with Gasteiger partial charge in [0.1, 0.15) is 18.3 Å². The third kappa shape index (κ3) is 13.0. The SMILES string of the molecule is CCC(C)(C)C(=O)OC1CC2CC1C1C3CC(CC3C(=O)OCOC3CCCCC3)C21.CCC(C)(C)C(=O)OC1CC2CC1C1C3CC(CC3C(=O)OCOCC34CC5CC(CC(C5)C3)C4)C21.CCC(C)C(=O)OC1CC2CC1C1C3CC(CC3C(=O)OCOCC34CC5CC(CC(C5)C3)C4)C21. The lowest BCUT2D eigenvalue weighted by molar-refractivity contribution is -0.175. The van der Waals surface area contributed by atoms with E-state index in [1.807, 2.05) is 48.5 Å². The van der Waals surface area contributed by atoms with Crippen molar-refractivity contribution in [2.75, 3.05) is 33.6 Å². The van der Waals surface area contributed by atoms with Crippen molar-refractivity contribution in [1.29, 1.82) is 0 Å². The van der Waals surface area contributed by atoms with Crippen LogP contribution in [0, 0.1) is 187 Å². The van der Waals surface area contributed by atoms with Gasteiger partial charge in [0.05, 0.1) is 53.8 Å². The summed E-state index contributed by atoms with van der Waals surface area (Å²) in [6.07, 6.45) is 38.5. The average molecular weight is 1420 g/mol. The number of hydrogen-bond acceptors (Lipinski definition) is 15. The first-order chi connectivity index (χ1) is 49.1. The number of fused-ring (bicyclic) bond motifs is 27. The van der Waals surface area contributed by atoms with Gasteiger partial charge in [-0.05, 0) is 367 Å². The van der Waals surface area contributed by atoms with Crippen molar-refractivity contribution in [3.63, 3.8) is 0 Å². The van der Waals surface area contributed by atoms with Crippen molar-refractivity contribution in [2.24, 2.45) is 187 Å². The largest absolute Gasteiger partial charge is 0.462 e. The molecule has 0 radical (unpaired) electrons. The molecular weight excluding hydrogens is 1280 g/mol. The molecule has 0 aliphatic heterocycles. The molecule has 0 aromatic rings. The lowest BCUT2D eigenvalue weighted by Crippen LogP contribution is -2.48.